The minimum absolute atomic E-state index is 0.0735. The molecule has 1 fully saturated rings. The maximum Gasteiger partial charge on any atom is 0.303 e. The van der Waals surface area contributed by atoms with Crippen LogP contribution in [0.5, 0.6) is 0 Å². The first-order valence-electron chi connectivity index (χ1n) is 6.44. The van der Waals surface area contributed by atoms with Crippen molar-refractivity contribution < 1.29 is 9.90 Å². The van der Waals surface area contributed by atoms with E-state index >= 15 is 0 Å². The summed E-state index contributed by atoms with van der Waals surface area (Å²) in [7, 11) is 0. The molecule has 18 heavy (non-hydrogen) atoms. The van der Waals surface area contributed by atoms with Crippen LogP contribution in [0.15, 0.2) is 24.3 Å². The Labute approximate surface area is 108 Å². The third kappa shape index (κ3) is 2.84. The number of aliphatic carboxylic acids is 1. The summed E-state index contributed by atoms with van der Waals surface area (Å²) >= 11 is 0. The number of rotatable bonds is 4. The zero-order valence-electron chi connectivity index (χ0n) is 11.3. The van der Waals surface area contributed by atoms with Gasteiger partial charge in [-0.1, -0.05) is 32.9 Å². The smallest absolute Gasteiger partial charge is 0.303 e. The summed E-state index contributed by atoms with van der Waals surface area (Å²) in [6.45, 7) is 8.68. The van der Waals surface area contributed by atoms with Crippen molar-refractivity contribution in [2.24, 2.45) is 5.41 Å². The summed E-state index contributed by atoms with van der Waals surface area (Å²) in [6.07, 6.45) is 0.191. The van der Waals surface area contributed by atoms with E-state index in [2.05, 4.69) is 30.9 Å². The quantitative estimate of drug-likeness (QED) is 0.888. The van der Waals surface area contributed by atoms with Gasteiger partial charge in [0.15, 0.2) is 0 Å². The number of benzene rings is 1. The van der Waals surface area contributed by atoms with Gasteiger partial charge in [0.05, 0.1) is 6.42 Å². The van der Waals surface area contributed by atoms with Crippen LogP contribution in [0, 0.1) is 5.41 Å². The Kier molecular flexibility index (Phi) is 3.33. The van der Waals surface area contributed by atoms with E-state index in [9.17, 15) is 4.79 Å². The molecule has 2 rings (SSSR count). The Hall–Kier alpha value is -1.51. The van der Waals surface area contributed by atoms with E-state index in [4.69, 9.17) is 5.11 Å². The molecule has 0 amide bonds. The second kappa shape index (κ2) is 4.63. The number of carbonyl (C=O) groups is 1. The minimum atomic E-state index is -0.740. The first-order valence-corrected chi connectivity index (χ1v) is 6.44. The molecule has 0 aliphatic carbocycles. The lowest BCUT2D eigenvalue weighted by Crippen LogP contribution is -2.53. The third-order valence-corrected chi connectivity index (χ3v) is 3.55. The second-order valence-corrected chi connectivity index (χ2v) is 6.11. The lowest BCUT2D eigenvalue weighted by molar-refractivity contribution is -0.137. The zero-order valence-corrected chi connectivity index (χ0v) is 11.3. The van der Waals surface area contributed by atoms with Gasteiger partial charge in [0, 0.05) is 18.8 Å². The van der Waals surface area contributed by atoms with Gasteiger partial charge in [-0.2, -0.15) is 0 Å². The van der Waals surface area contributed by atoms with E-state index in [0.29, 0.717) is 5.41 Å². The standard InChI is InChI=1S/C15H21NO2/c1-11(8-14(17)18)12-4-6-13(7-5-12)16-9-15(2,3)10-16/h4-7,11H,8-10H2,1-3H3,(H,17,18). The summed E-state index contributed by atoms with van der Waals surface area (Å²) in [5.41, 5.74) is 2.76. The van der Waals surface area contributed by atoms with Crippen molar-refractivity contribution >= 4 is 11.7 Å². The molecular weight excluding hydrogens is 226 g/mol. The predicted molar refractivity (Wildman–Crippen MR) is 73.1 cm³/mol. The lowest BCUT2D eigenvalue weighted by Gasteiger charge is -2.47. The number of hydrogen-bond acceptors (Lipinski definition) is 2. The van der Waals surface area contributed by atoms with E-state index in [1.165, 1.54) is 5.69 Å². The molecule has 1 heterocycles. The van der Waals surface area contributed by atoms with Crippen molar-refractivity contribution in [2.75, 3.05) is 18.0 Å². The zero-order chi connectivity index (χ0) is 13.3. The molecule has 3 heteroatoms. The summed E-state index contributed by atoms with van der Waals surface area (Å²) in [4.78, 5) is 13.0. The van der Waals surface area contributed by atoms with Gasteiger partial charge in [0.2, 0.25) is 0 Å². The Morgan fingerprint density at radius 3 is 2.33 bits per heavy atom. The van der Waals surface area contributed by atoms with Crippen molar-refractivity contribution in [1.82, 2.24) is 0 Å². The highest BCUT2D eigenvalue weighted by atomic mass is 16.4. The van der Waals surface area contributed by atoms with Crippen molar-refractivity contribution in [3.63, 3.8) is 0 Å². The van der Waals surface area contributed by atoms with Crippen LogP contribution < -0.4 is 4.90 Å². The van der Waals surface area contributed by atoms with Gasteiger partial charge in [-0.3, -0.25) is 4.79 Å². The molecule has 1 saturated heterocycles. The van der Waals surface area contributed by atoms with E-state index in [1.54, 1.807) is 0 Å². The number of anilines is 1. The number of carboxylic acid groups (broad SMARTS) is 1. The number of carboxylic acids is 1. The maximum absolute atomic E-state index is 10.7. The molecule has 1 aromatic carbocycles. The van der Waals surface area contributed by atoms with E-state index in [0.717, 1.165) is 18.7 Å². The van der Waals surface area contributed by atoms with E-state index in [1.807, 2.05) is 19.1 Å². The van der Waals surface area contributed by atoms with Gasteiger partial charge >= 0.3 is 5.97 Å². The number of nitrogens with zero attached hydrogens (tertiary/aromatic N) is 1. The minimum Gasteiger partial charge on any atom is -0.481 e. The molecule has 98 valence electrons. The van der Waals surface area contributed by atoms with Gasteiger partial charge in [-0.15, -0.1) is 0 Å². The summed E-state index contributed by atoms with van der Waals surface area (Å²) in [6, 6.07) is 8.30. The third-order valence-electron chi connectivity index (χ3n) is 3.55. The molecule has 0 spiro atoms. The molecule has 1 aromatic rings. The molecule has 0 radical (unpaired) electrons. The van der Waals surface area contributed by atoms with Gasteiger partial charge in [-0.05, 0) is 29.0 Å². The number of hydrogen-bond donors (Lipinski definition) is 1. The van der Waals surface area contributed by atoms with Gasteiger partial charge < -0.3 is 10.0 Å². The Balaban J connectivity index is 2.00. The van der Waals surface area contributed by atoms with Crippen LogP contribution in [-0.4, -0.2) is 24.2 Å². The highest BCUT2D eigenvalue weighted by Gasteiger charge is 2.33. The van der Waals surface area contributed by atoms with Crippen molar-refractivity contribution in [3.8, 4) is 0 Å². The largest absolute Gasteiger partial charge is 0.481 e. The van der Waals surface area contributed by atoms with Crippen LogP contribution in [0.2, 0.25) is 0 Å². The summed E-state index contributed by atoms with van der Waals surface area (Å²) in [5.74, 6) is -0.666. The van der Waals surface area contributed by atoms with Crippen molar-refractivity contribution in [2.45, 2.75) is 33.1 Å². The average molecular weight is 247 g/mol. The van der Waals surface area contributed by atoms with Crippen LogP contribution in [0.25, 0.3) is 0 Å². The van der Waals surface area contributed by atoms with Crippen LogP contribution >= 0.6 is 0 Å². The first-order chi connectivity index (χ1) is 8.37. The van der Waals surface area contributed by atoms with Gasteiger partial charge in [0.1, 0.15) is 0 Å². The Morgan fingerprint density at radius 2 is 1.89 bits per heavy atom. The second-order valence-electron chi connectivity index (χ2n) is 6.11. The molecule has 1 N–H and O–H groups in total. The maximum atomic E-state index is 10.7. The molecule has 0 saturated carbocycles. The molecule has 1 aliphatic rings. The predicted octanol–water partition coefficient (Wildman–Crippen LogP) is 3.11. The van der Waals surface area contributed by atoms with Crippen LogP contribution in [0.3, 0.4) is 0 Å². The van der Waals surface area contributed by atoms with Crippen molar-refractivity contribution in [1.29, 1.82) is 0 Å². The highest BCUT2D eigenvalue weighted by Crippen LogP contribution is 2.34. The average Bonchev–Trinajstić information content (AvgIpc) is 2.25. The molecular formula is C15H21NO2. The highest BCUT2D eigenvalue weighted by molar-refractivity contribution is 5.68. The molecule has 1 atom stereocenters. The molecule has 0 aromatic heterocycles. The molecule has 3 nitrogen and oxygen atoms in total. The summed E-state index contributed by atoms with van der Waals surface area (Å²) in [5, 5.41) is 8.78. The fraction of sp³-hybridized carbons (Fsp3) is 0.533. The monoisotopic (exact) mass is 247 g/mol. The van der Waals surface area contributed by atoms with Gasteiger partial charge in [0.25, 0.3) is 0 Å². The van der Waals surface area contributed by atoms with Crippen LogP contribution in [-0.2, 0) is 4.79 Å². The SMILES string of the molecule is CC(CC(=O)O)c1ccc(N2CC(C)(C)C2)cc1. The Bertz CT molecular complexity index is 428. The fourth-order valence-corrected chi connectivity index (χ4v) is 2.56. The van der Waals surface area contributed by atoms with Crippen molar-refractivity contribution in [3.05, 3.63) is 29.8 Å². The Morgan fingerprint density at radius 1 is 1.33 bits per heavy atom. The molecule has 0 bridgehead atoms. The lowest BCUT2D eigenvalue weighted by atomic mass is 9.84. The summed E-state index contributed by atoms with van der Waals surface area (Å²) < 4.78 is 0. The van der Waals surface area contributed by atoms with E-state index in [-0.39, 0.29) is 12.3 Å². The van der Waals surface area contributed by atoms with Crippen LogP contribution in [0.1, 0.15) is 38.7 Å². The van der Waals surface area contributed by atoms with E-state index < -0.39 is 5.97 Å². The normalized spacial score (nSPS) is 19.2. The molecule has 1 unspecified atom stereocenters. The first kappa shape index (κ1) is 12.9. The molecule has 1 aliphatic heterocycles. The van der Waals surface area contributed by atoms with Crippen LogP contribution in [0.4, 0.5) is 5.69 Å². The fourth-order valence-electron chi connectivity index (χ4n) is 2.56. The van der Waals surface area contributed by atoms with Gasteiger partial charge in [-0.25, -0.2) is 0 Å². The topological polar surface area (TPSA) is 40.5 Å².